The largest absolute Gasteiger partial charge is 0.346 e. The van der Waals surface area contributed by atoms with Crippen LogP contribution in [-0.2, 0) is 0 Å². The van der Waals surface area contributed by atoms with Gasteiger partial charge < -0.3 is 10.2 Å². The van der Waals surface area contributed by atoms with E-state index in [4.69, 9.17) is 16.6 Å². The molecule has 0 bridgehead atoms. The molecule has 0 radical (unpaired) electrons. The molecule has 1 aromatic carbocycles. The highest BCUT2D eigenvalue weighted by molar-refractivity contribution is 6.34. The zero-order valence-corrected chi connectivity index (χ0v) is 19.4. The zero-order chi connectivity index (χ0) is 24.1. The number of nitrogens with one attached hydrogen (secondary N) is 1. The first kappa shape index (κ1) is 22.3. The molecule has 5 heterocycles. The maximum absolute atomic E-state index is 14.6. The van der Waals surface area contributed by atoms with Crippen LogP contribution in [0.3, 0.4) is 0 Å². The van der Waals surface area contributed by atoms with Crippen molar-refractivity contribution in [2.75, 3.05) is 24.5 Å². The minimum Gasteiger partial charge on any atom is -0.346 e. The smallest absolute Gasteiger partial charge is 0.130 e. The highest BCUT2D eigenvalue weighted by atomic mass is 35.5. The summed E-state index contributed by atoms with van der Waals surface area (Å²) in [5.74, 6) is -0.692. The van der Waals surface area contributed by atoms with Crippen molar-refractivity contribution >= 4 is 28.5 Å². The van der Waals surface area contributed by atoms with E-state index in [2.05, 4.69) is 15.4 Å². The molecule has 0 unspecified atom stereocenters. The van der Waals surface area contributed by atoms with Crippen molar-refractivity contribution in [3.05, 3.63) is 71.1 Å². The normalized spacial score (nSPS) is 22.4. The molecule has 6 rings (SSSR count). The van der Waals surface area contributed by atoms with E-state index in [0.717, 1.165) is 43.3 Å². The summed E-state index contributed by atoms with van der Waals surface area (Å²) in [6.07, 6.45) is 5.12. The SMILES string of the molecule is Fc1ccc(F)c([C@H]2C[C@H](F)CN2c2ccc3ncc(Cl)c(-c4cnn([C@H]5CCNC5)c4)c3n2)c1. The first-order valence-electron chi connectivity index (χ1n) is 11.5. The molecule has 0 aliphatic carbocycles. The molecule has 2 saturated heterocycles. The van der Waals surface area contributed by atoms with Gasteiger partial charge in [0.25, 0.3) is 0 Å². The molecule has 0 saturated carbocycles. The maximum Gasteiger partial charge on any atom is 0.130 e. The number of anilines is 1. The molecule has 2 aliphatic heterocycles. The second-order valence-corrected chi connectivity index (χ2v) is 9.45. The van der Waals surface area contributed by atoms with Crippen LogP contribution in [0.4, 0.5) is 19.0 Å². The minimum absolute atomic E-state index is 0.0229. The summed E-state index contributed by atoms with van der Waals surface area (Å²) in [4.78, 5) is 10.9. The van der Waals surface area contributed by atoms with Crippen molar-refractivity contribution < 1.29 is 13.2 Å². The molecule has 35 heavy (non-hydrogen) atoms. The lowest BCUT2D eigenvalue weighted by Crippen LogP contribution is -2.25. The molecule has 3 aromatic heterocycles. The Bertz CT molecular complexity index is 1400. The van der Waals surface area contributed by atoms with Crippen LogP contribution in [0.25, 0.3) is 22.2 Å². The van der Waals surface area contributed by atoms with E-state index in [-0.39, 0.29) is 24.6 Å². The first-order valence-corrected chi connectivity index (χ1v) is 11.9. The predicted molar refractivity (Wildman–Crippen MR) is 128 cm³/mol. The van der Waals surface area contributed by atoms with Gasteiger partial charge in [0.15, 0.2) is 0 Å². The van der Waals surface area contributed by atoms with Crippen LogP contribution in [0.2, 0.25) is 5.02 Å². The Balaban J connectivity index is 1.44. The number of aromatic nitrogens is 4. The zero-order valence-electron chi connectivity index (χ0n) is 18.6. The molecule has 0 amide bonds. The Morgan fingerprint density at radius 3 is 2.83 bits per heavy atom. The number of hydrogen-bond acceptors (Lipinski definition) is 5. The van der Waals surface area contributed by atoms with Crippen LogP contribution in [0.15, 0.2) is 48.9 Å². The minimum atomic E-state index is -1.20. The van der Waals surface area contributed by atoms with Crippen LogP contribution in [-0.4, -0.2) is 45.6 Å². The van der Waals surface area contributed by atoms with Crippen LogP contribution in [0, 0.1) is 11.6 Å². The van der Waals surface area contributed by atoms with Gasteiger partial charge in [0.05, 0.1) is 35.4 Å². The van der Waals surface area contributed by atoms with Crippen molar-refractivity contribution in [2.45, 2.75) is 31.1 Å². The van der Waals surface area contributed by atoms with Crippen molar-refractivity contribution in [2.24, 2.45) is 0 Å². The number of fused-ring (bicyclic) bond motifs is 1. The van der Waals surface area contributed by atoms with E-state index in [9.17, 15) is 13.2 Å². The van der Waals surface area contributed by atoms with E-state index in [1.165, 1.54) is 0 Å². The fourth-order valence-electron chi connectivity index (χ4n) is 5.10. The third kappa shape index (κ3) is 4.02. The van der Waals surface area contributed by atoms with E-state index < -0.39 is 23.8 Å². The monoisotopic (exact) mass is 498 g/mol. The summed E-state index contributed by atoms with van der Waals surface area (Å²) >= 11 is 6.59. The summed E-state index contributed by atoms with van der Waals surface area (Å²) < 4.78 is 45.0. The molecule has 10 heteroatoms. The highest BCUT2D eigenvalue weighted by Gasteiger charge is 2.36. The topological polar surface area (TPSA) is 58.9 Å². The van der Waals surface area contributed by atoms with Gasteiger partial charge in [-0.3, -0.25) is 9.67 Å². The van der Waals surface area contributed by atoms with Gasteiger partial charge in [-0.2, -0.15) is 5.10 Å². The molecule has 4 aromatic rings. The lowest BCUT2D eigenvalue weighted by molar-refractivity contribution is 0.355. The fourth-order valence-corrected chi connectivity index (χ4v) is 5.35. The molecule has 2 fully saturated rings. The van der Waals surface area contributed by atoms with Gasteiger partial charge in [0, 0.05) is 42.0 Å². The molecule has 2 aliphatic rings. The van der Waals surface area contributed by atoms with Crippen LogP contribution >= 0.6 is 11.6 Å². The molecular weight excluding hydrogens is 477 g/mol. The van der Waals surface area contributed by atoms with Crippen LogP contribution < -0.4 is 10.2 Å². The van der Waals surface area contributed by atoms with E-state index in [0.29, 0.717) is 27.4 Å². The third-order valence-corrected chi connectivity index (χ3v) is 7.10. The van der Waals surface area contributed by atoms with Gasteiger partial charge in [-0.1, -0.05) is 11.6 Å². The van der Waals surface area contributed by atoms with Gasteiger partial charge >= 0.3 is 0 Å². The number of benzene rings is 1. The fraction of sp³-hybridized carbons (Fsp3) is 0.320. The van der Waals surface area contributed by atoms with Crippen molar-refractivity contribution in [3.8, 4) is 11.1 Å². The number of rotatable bonds is 4. The number of pyridine rings is 2. The molecule has 180 valence electrons. The molecule has 0 spiro atoms. The van der Waals surface area contributed by atoms with Gasteiger partial charge in [-0.15, -0.1) is 0 Å². The molecule has 3 atom stereocenters. The first-order chi connectivity index (χ1) is 17.0. The Labute approximate surface area is 204 Å². The summed E-state index contributed by atoms with van der Waals surface area (Å²) in [5.41, 5.74) is 2.76. The maximum atomic E-state index is 14.6. The quantitative estimate of drug-likeness (QED) is 0.416. The lowest BCUT2D eigenvalue weighted by Gasteiger charge is -2.26. The van der Waals surface area contributed by atoms with E-state index in [1.807, 2.05) is 10.9 Å². The third-order valence-electron chi connectivity index (χ3n) is 6.81. The molecule has 1 N–H and O–H groups in total. The average Bonchev–Trinajstić information content (AvgIpc) is 3.61. The van der Waals surface area contributed by atoms with Gasteiger partial charge in [0.1, 0.15) is 29.1 Å². The van der Waals surface area contributed by atoms with Gasteiger partial charge in [-0.05, 0) is 43.3 Å². The van der Waals surface area contributed by atoms with Gasteiger partial charge in [-0.25, -0.2) is 18.2 Å². The summed E-state index contributed by atoms with van der Waals surface area (Å²) in [5, 5.41) is 8.29. The number of nitrogens with zero attached hydrogens (tertiary/aromatic N) is 5. The highest BCUT2D eigenvalue weighted by Crippen LogP contribution is 2.40. The molecule has 6 nitrogen and oxygen atoms in total. The summed E-state index contributed by atoms with van der Waals surface area (Å²) in [6, 6.07) is 6.35. The van der Waals surface area contributed by atoms with E-state index in [1.54, 1.807) is 29.4 Å². The lowest BCUT2D eigenvalue weighted by atomic mass is 10.0. The average molecular weight is 499 g/mol. The summed E-state index contributed by atoms with van der Waals surface area (Å²) in [6.45, 7) is 1.82. The van der Waals surface area contributed by atoms with E-state index >= 15 is 0 Å². The van der Waals surface area contributed by atoms with Crippen molar-refractivity contribution in [1.82, 2.24) is 25.1 Å². The van der Waals surface area contributed by atoms with Crippen molar-refractivity contribution in [1.29, 1.82) is 0 Å². The van der Waals surface area contributed by atoms with Gasteiger partial charge in [0.2, 0.25) is 0 Å². The molecular formula is C25H22ClF3N6. The van der Waals surface area contributed by atoms with Crippen molar-refractivity contribution in [3.63, 3.8) is 0 Å². The standard InChI is InChI=1S/C25H22ClF3N6/c26-19-11-31-21-3-4-23(34-13-16(28)8-22(34)18-7-15(27)1-2-20(18)29)33-25(21)24(19)14-9-32-35(12-14)17-5-6-30-10-17/h1-4,7,9,11-12,16-17,22,30H,5-6,8,10,13H2/t16-,17-,22+/m0/s1. The number of halogens is 4. The second-order valence-electron chi connectivity index (χ2n) is 9.04. The van der Waals surface area contributed by atoms with Crippen LogP contribution in [0.5, 0.6) is 0 Å². The predicted octanol–water partition coefficient (Wildman–Crippen LogP) is 5.25. The Morgan fingerprint density at radius 1 is 1.11 bits per heavy atom. The number of alkyl halides is 1. The second kappa shape index (κ2) is 8.80. The Hall–Kier alpha value is -3.17. The number of hydrogen-bond donors (Lipinski definition) is 1. The Morgan fingerprint density at radius 2 is 2.00 bits per heavy atom. The Kier molecular flexibility index (Phi) is 5.61. The van der Waals surface area contributed by atoms with Crippen LogP contribution in [0.1, 0.15) is 30.5 Å². The summed E-state index contributed by atoms with van der Waals surface area (Å²) in [7, 11) is 0.